The van der Waals surface area contributed by atoms with Crippen LogP contribution in [0.15, 0.2) is 10.6 Å². The molecule has 0 unspecified atom stereocenters. The first-order valence-electron chi connectivity index (χ1n) is 0.979. The Morgan fingerprint density at radius 3 is 1.50 bits per heavy atom. The minimum Gasteiger partial charge on any atom is -0.165 e. The normalized spacial score (nSPS) is 6.00. The Bertz CT molecular complexity index is 41.5. The van der Waals surface area contributed by atoms with E-state index in [1.54, 1.807) is 0 Å². The summed E-state index contributed by atoms with van der Waals surface area (Å²) >= 11 is 0. The van der Waals surface area contributed by atoms with E-state index >= 15 is 0 Å². The Balaban J connectivity index is 2.66. The van der Waals surface area contributed by atoms with Crippen molar-refractivity contribution < 1.29 is 9.98 Å². The minimum atomic E-state index is 2.24. The van der Waals surface area contributed by atoms with Crippen molar-refractivity contribution in [2.24, 2.45) is 10.6 Å². The number of rotatable bonds is 3. The zero-order valence-electron chi connectivity index (χ0n) is 2.71. The lowest BCUT2D eigenvalue weighted by atomic mass is 13.0. The maximum atomic E-state index is 5.84. The lowest BCUT2D eigenvalue weighted by molar-refractivity contribution is -0.314. The first kappa shape index (κ1) is 4.80. The van der Waals surface area contributed by atoms with Gasteiger partial charge in [-0.25, -0.2) is 0 Å². The predicted octanol–water partition coefficient (Wildman–Crippen LogP) is 0.827. The summed E-state index contributed by atoms with van der Waals surface area (Å²) in [6.45, 7) is 0. The SMILES string of the molecule is N=NOON=N. The molecule has 0 aliphatic carbocycles. The molecule has 0 saturated carbocycles. The van der Waals surface area contributed by atoms with Crippen LogP contribution in [0.5, 0.6) is 0 Å². The molecule has 6 heteroatoms. The molecular weight excluding hydrogens is 88.0 g/mol. The fourth-order valence-corrected chi connectivity index (χ4v) is 0.0333. The van der Waals surface area contributed by atoms with E-state index in [4.69, 9.17) is 11.1 Å². The summed E-state index contributed by atoms with van der Waals surface area (Å²) in [5.41, 5.74) is 11.7. The highest BCUT2D eigenvalue weighted by Gasteiger charge is 1.65. The second-order valence-electron chi connectivity index (χ2n) is 0.332. The summed E-state index contributed by atoms with van der Waals surface area (Å²) in [5.74, 6) is 0. The van der Waals surface area contributed by atoms with Crippen LogP contribution in [0.4, 0.5) is 0 Å². The number of nitrogens with zero attached hydrogens (tertiary/aromatic N) is 2. The highest BCUT2D eigenvalue weighted by atomic mass is 17.3. The van der Waals surface area contributed by atoms with Crippen LogP contribution >= 0.6 is 0 Å². The van der Waals surface area contributed by atoms with E-state index in [2.05, 4.69) is 20.5 Å². The molecule has 0 aromatic carbocycles. The molecule has 0 rings (SSSR count). The van der Waals surface area contributed by atoms with Gasteiger partial charge in [-0.05, 0) is 0 Å². The molecule has 0 aromatic heterocycles. The molecule has 0 atom stereocenters. The Kier molecular flexibility index (Phi) is 3.04. The third-order valence-electron chi connectivity index (χ3n) is 0.108. The van der Waals surface area contributed by atoms with Crippen LogP contribution in [0.1, 0.15) is 0 Å². The molecule has 6 heavy (non-hydrogen) atoms. The zero-order valence-corrected chi connectivity index (χ0v) is 2.71. The summed E-state index contributed by atoms with van der Waals surface area (Å²) in [6.07, 6.45) is 0. The van der Waals surface area contributed by atoms with Crippen LogP contribution in [-0.4, -0.2) is 0 Å². The molecule has 6 nitrogen and oxygen atoms in total. The number of nitrogens with one attached hydrogen (secondary N) is 2. The van der Waals surface area contributed by atoms with Crippen molar-refractivity contribution in [1.82, 2.24) is 0 Å². The average molecular weight is 90.0 g/mol. The Morgan fingerprint density at radius 1 is 1.00 bits per heavy atom. The molecule has 0 bridgehead atoms. The lowest BCUT2D eigenvalue weighted by Crippen LogP contribution is -1.69. The van der Waals surface area contributed by atoms with Gasteiger partial charge in [0.1, 0.15) is 0 Å². The van der Waals surface area contributed by atoms with Crippen LogP contribution in [-0.2, 0) is 9.98 Å². The summed E-state index contributed by atoms with van der Waals surface area (Å²) in [6, 6.07) is 0. The van der Waals surface area contributed by atoms with Gasteiger partial charge in [0, 0.05) is 0 Å². The van der Waals surface area contributed by atoms with Gasteiger partial charge in [-0.2, -0.15) is 11.1 Å². The van der Waals surface area contributed by atoms with Gasteiger partial charge in [-0.3, -0.25) is 0 Å². The van der Waals surface area contributed by atoms with E-state index in [9.17, 15) is 0 Å². The van der Waals surface area contributed by atoms with Crippen molar-refractivity contribution in [3.63, 3.8) is 0 Å². The van der Waals surface area contributed by atoms with E-state index in [1.807, 2.05) is 0 Å². The summed E-state index contributed by atoms with van der Waals surface area (Å²) in [5, 5.41) is 4.48. The van der Waals surface area contributed by atoms with Crippen LogP contribution in [0.3, 0.4) is 0 Å². The standard InChI is InChI=1S/H2N4O2/c1-3-5-6-4-2/h1-2H. The fraction of sp³-hybridized carbons (Fsp3) is 0. The van der Waals surface area contributed by atoms with Gasteiger partial charge in [-0.15, -0.1) is 9.98 Å². The Morgan fingerprint density at radius 2 is 1.33 bits per heavy atom. The monoisotopic (exact) mass is 90.0 g/mol. The van der Waals surface area contributed by atoms with Gasteiger partial charge in [-0.1, -0.05) is 0 Å². The van der Waals surface area contributed by atoms with Crippen molar-refractivity contribution in [1.29, 1.82) is 11.1 Å². The third kappa shape index (κ3) is 2.80. The van der Waals surface area contributed by atoms with Gasteiger partial charge in [0.25, 0.3) is 0 Å². The van der Waals surface area contributed by atoms with Crippen LogP contribution in [0, 0.1) is 11.1 Å². The quantitative estimate of drug-likeness (QED) is 0.232. The summed E-state index contributed by atoms with van der Waals surface area (Å²) < 4.78 is 0. The Labute approximate surface area is 32.9 Å². The van der Waals surface area contributed by atoms with Gasteiger partial charge >= 0.3 is 0 Å². The van der Waals surface area contributed by atoms with Crippen LogP contribution in [0.2, 0.25) is 0 Å². The van der Waals surface area contributed by atoms with E-state index in [1.165, 1.54) is 0 Å². The molecule has 0 aliphatic heterocycles. The molecule has 0 spiro atoms. The van der Waals surface area contributed by atoms with Crippen LogP contribution in [0.25, 0.3) is 0 Å². The molecule has 34 valence electrons. The van der Waals surface area contributed by atoms with Crippen molar-refractivity contribution in [2.75, 3.05) is 0 Å². The minimum absolute atomic E-state index is 2.24. The maximum Gasteiger partial charge on any atom is 0.0717 e. The zero-order chi connectivity index (χ0) is 4.83. The van der Waals surface area contributed by atoms with E-state index in [0.29, 0.717) is 0 Å². The number of hydrogen-bond acceptors (Lipinski definition) is 6. The second-order valence-corrected chi connectivity index (χ2v) is 0.332. The van der Waals surface area contributed by atoms with Crippen molar-refractivity contribution >= 4 is 0 Å². The van der Waals surface area contributed by atoms with E-state index in [0.717, 1.165) is 0 Å². The number of hydrogen-bond donors (Lipinski definition) is 2. The third-order valence-corrected chi connectivity index (χ3v) is 0.108. The Hall–Kier alpha value is -1.20. The summed E-state index contributed by atoms with van der Waals surface area (Å²) in [4.78, 5) is 6.84. The smallest absolute Gasteiger partial charge is 0.0717 e. The molecular formula is H2N4O2. The van der Waals surface area contributed by atoms with Crippen molar-refractivity contribution in [3.05, 3.63) is 0 Å². The van der Waals surface area contributed by atoms with Gasteiger partial charge in [0.05, 0.1) is 10.6 Å². The topological polar surface area (TPSA) is 90.9 Å². The predicted molar refractivity (Wildman–Crippen MR) is 12.5 cm³/mol. The molecule has 0 radical (unpaired) electrons. The summed E-state index contributed by atoms with van der Waals surface area (Å²) in [7, 11) is 0. The molecule has 0 amide bonds. The van der Waals surface area contributed by atoms with Crippen LogP contribution < -0.4 is 0 Å². The first-order chi connectivity index (χ1) is 2.91. The average Bonchev–Trinajstić information content (AvgIpc) is 1.61. The van der Waals surface area contributed by atoms with Crippen molar-refractivity contribution in [2.45, 2.75) is 0 Å². The molecule has 0 fully saturated rings. The highest BCUT2D eigenvalue weighted by Crippen LogP contribution is 1.74. The molecule has 0 aliphatic rings. The fourth-order valence-electron chi connectivity index (χ4n) is 0.0333. The second kappa shape index (κ2) is 3.80. The largest absolute Gasteiger partial charge is 0.165 e. The highest BCUT2D eigenvalue weighted by molar-refractivity contribution is 3.46. The van der Waals surface area contributed by atoms with Gasteiger partial charge < -0.3 is 0 Å². The van der Waals surface area contributed by atoms with E-state index < -0.39 is 0 Å². The molecule has 0 saturated heterocycles. The lowest BCUT2D eigenvalue weighted by Gasteiger charge is -1.77. The first-order valence-corrected chi connectivity index (χ1v) is 0.979. The maximum absolute atomic E-state index is 5.84. The molecule has 2 N–H and O–H groups in total. The van der Waals surface area contributed by atoms with Crippen molar-refractivity contribution in [3.8, 4) is 0 Å². The van der Waals surface area contributed by atoms with Gasteiger partial charge in [0.2, 0.25) is 0 Å². The van der Waals surface area contributed by atoms with E-state index in [-0.39, 0.29) is 0 Å². The van der Waals surface area contributed by atoms with Gasteiger partial charge in [0.15, 0.2) is 0 Å². The molecule has 0 heterocycles. The molecule has 0 aromatic rings.